The van der Waals surface area contributed by atoms with Crippen molar-refractivity contribution in [3.05, 3.63) is 23.7 Å². The first-order valence-electron chi connectivity index (χ1n) is 3.75. The molecule has 0 saturated carbocycles. The number of hydrogen-bond donors (Lipinski definition) is 3. The van der Waals surface area contributed by atoms with E-state index in [2.05, 4.69) is 5.32 Å². The zero-order chi connectivity index (χ0) is 9.56. The van der Waals surface area contributed by atoms with Crippen molar-refractivity contribution in [1.29, 1.82) is 0 Å². The quantitative estimate of drug-likeness (QED) is 0.527. The molecular formula is C8H15N3O. The van der Waals surface area contributed by atoms with Crippen LogP contribution in [0.1, 0.15) is 20.3 Å². The van der Waals surface area contributed by atoms with Gasteiger partial charge in [0.15, 0.2) is 0 Å². The first-order valence-corrected chi connectivity index (χ1v) is 3.75. The molecule has 0 rings (SSSR count). The van der Waals surface area contributed by atoms with Crippen LogP contribution in [0.5, 0.6) is 0 Å². The first kappa shape index (κ1) is 10.6. The van der Waals surface area contributed by atoms with E-state index in [1.807, 2.05) is 6.92 Å². The molecule has 0 aromatic carbocycles. The third-order valence-corrected chi connectivity index (χ3v) is 1.21. The summed E-state index contributed by atoms with van der Waals surface area (Å²) in [6, 6.07) is 0. The summed E-state index contributed by atoms with van der Waals surface area (Å²) in [4.78, 5) is 10.5. The van der Waals surface area contributed by atoms with Crippen molar-refractivity contribution >= 4 is 5.91 Å². The molecule has 1 amide bonds. The molecule has 68 valence electrons. The average molecular weight is 169 g/mol. The summed E-state index contributed by atoms with van der Waals surface area (Å²) in [7, 11) is 0. The Balaban J connectivity index is 4.08. The van der Waals surface area contributed by atoms with Crippen LogP contribution in [-0.4, -0.2) is 5.91 Å². The molecule has 0 aliphatic rings. The van der Waals surface area contributed by atoms with Crippen molar-refractivity contribution in [1.82, 2.24) is 5.32 Å². The van der Waals surface area contributed by atoms with Gasteiger partial charge in [-0.25, -0.2) is 0 Å². The zero-order valence-corrected chi connectivity index (χ0v) is 7.42. The Morgan fingerprint density at radius 3 is 2.42 bits per heavy atom. The number of amides is 1. The van der Waals surface area contributed by atoms with Crippen LogP contribution < -0.4 is 16.8 Å². The lowest BCUT2D eigenvalue weighted by Crippen LogP contribution is -2.24. The number of carbonyl (C=O) groups is 1. The molecule has 0 unspecified atom stereocenters. The van der Waals surface area contributed by atoms with E-state index in [-0.39, 0.29) is 5.91 Å². The SMILES string of the molecule is CC/C(N)=C/C=C(\N)NC(C)=O. The molecule has 12 heavy (non-hydrogen) atoms. The van der Waals surface area contributed by atoms with E-state index in [1.54, 1.807) is 12.2 Å². The van der Waals surface area contributed by atoms with Crippen molar-refractivity contribution in [2.24, 2.45) is 11.5 Å². The van der Waals surface area contributed by atoms with E-state index < -0.39 is 0 Å². The normalized spacial score (nSPS) is 12.8. The molecule has 0 aliphatic heterocycles. The van der Waals surface area contributed by atoms with E-state index >= 15 is 0 Å². The van der Waals surface area contributed by atoms with Crippen LogP contribution in [0.25, 0.3) is 0 Å². The van der Waals surface area contributed by atoms with Gasteiger partial charge in [0.25, 0.3) is 0 Å². The van der Waals surface area contributed by atoms with Crippen LogP contribution in [0.4, 0.5) is 0 Å². The van der Waals surface area contributed by atoms with Gasteiger partial charge in [0.05, 0.1) is 0 Å². The van der Waals surface area contributed by atoms with Crippen molar-refractivity contribution in [3.63, 3.8) is 0 Å². The summed E-state index contributed by atoms with van der Waals surface area (Å²) in [5.41, 5.74) is 11.6. The maximum Gasteiger partial charge on any atom is 0.222 e. The second kappa shape index (κ2) is 5.23. The van der Waals surface area contributed by atoms with Gasteiger partial charge in [-0.2, -0.15) is 0 Å². The molecule has 0 atom stereocenters. The summed E-state index contributed by atoms with van der Waals surface area (Å²) in [5, 5.41) is 2.42. The number of nitrogens with two attached hydrogens (primary N) is 2. The summed E-state index contributed by atoms with van der Waals surface area (Å²) in [5.74, 6) is 0.117. The highest BCUT2D eigenvalue weighted by Crippen LogP contribution is 1.91. The van der Waals surface area contributed by atoms with Gasteiger partial charge in [-0.05, 0) is 18.6 Å². The lowest BCUT2D eigenvalue weighted by Gasteiger charge is -1.99. The Morgan fingerprint density at radius 1 is 1.42 bits per heavy atom. The highest BCUT2D eigenvalue weighted by molar-refractivity contribution is 5.74. The third-order valence-electron chi connectivity index (χ3n) is 1.21. The molecule has 0 heterocycles. The molecular weight excluding hydrogens is 154 g/mol. The minimum Gasteiger partial charge on any atom is -0.402 e. The number of hydrogen-bond acceptors (Lipinski definition) is 3. The zero-order valence-electron chi connectivity index (χ0n) is 7.42. The Morgan fingerprint density at radius 2 is 2.00 bits per heavy atom. The van der Waals surface area contributed by atoms with Crippen LogP contribution in [0, 0.1) is 0 Å². The molecule has 0 fully saturated rings. The van der Waals surface area contributed by atoms with Crippen LogP contribution in [0.2, 0.25) is 0 Å². The summed E-state index contributed by atoms with van der Waals surface area (Å²) >= 11 is 0. The molecule has 4 nitrogen and oxygen atoms in total. The molecule has 0 aromatic rings. The fraction of sp³-hybridized carbons (Fsp3) is 0.375. The van der Waals surface area contributed by atoms with Crippen molar-refractivity contribution in [2.75, 3.05) is 0 Å². The van der Waals surface area contributed by atoms with E-state index in [9.17, 15) is 4.79 Å². The molecule has 0 radical (unpaired) electrons. The first-order chi connectivity index (χ1) is 5.56. The largest absolute Gasteiger partial charge is 0.402 e. The smallest absolute Gasteiger partial charge is 0.222 e. The van der Waals surface area contributed by atoms with Crippen molar-refractivity contribution in [2.45, 2.75) is 20.3 Å². The highest BCUT2D eigenvalue weighted by Gasteiger charge is 1.90. The standard InChI is InChI=1S/C8H15N3O/c1-3-7(9)4-5-8(10)11-6(2)12/h4-5H,3,9-10H2,1-2H3,(H,11,12)/b7-4-,8-5+. The maximum atomic E-state index is 10.5. The Labute approximate surface area is 72.3 Å². The molecule has 0 spiro atoms. The van der Waals surface area contributed by atoms with Crippen LogP contribution in [0.3, 0.4) is 0 Å². The van der Waals surface area contributed by atoms with Crippen LogP contribution >= 0.6 is 0 Å². The van der Waals surface area contributed by atoms with E-state index in [0.29, 0.717) is 5.82 Å². The number of allylic oxidation sites excluding steroid dienone is 3. The minimum atomic E-state index is -0.188. The molecule has 0 bridgehead atoms. The van der Waals surface area contributed by atoms with Gasteiger partial charge >= 0.3 is 0 Å². The van der Waals surface area contributed by atoms with E-state index in [0.717, 1.165) is 12.1 Å². The van der Waals surface area contributed by atoms with E-state index in [4.69, 9.17) is 11.5 Å². The summed E-state index contributed by atoms with van der Waals surface area (Å²) < 4.78 is 0. The molecule has 0 aliphatic carbocycles. The predicted molar refractivity (Wildman–Crippen MR) is 48.6 cm³/mol. The second-order valence-electron chi connectivity index (χ2n) is 2.40. The third kappa shape index (κ3) is 5.34. The molecule has 5 N–H and O–H groups in total. The number of carbonyl (C=O) groups excluding carboxylic acids is 1. The molecule has 0 saturated heterocycles. The minimum absolute atomic E-state index is 0.188. The van der Waals surface area contributed by atoms with Gasteiger partial charge in [0.2, 0.25) is 5.91 Å². The molecule has 0 aromatic heterocycles. The molecule has 4 heteroatoms. The van der Waals surface area contributed by atoms with Gasteiger partial charge in [-0.3, -0.25) is 4.79 Å². The van der Waals surface area contributed by atoms with Gasteiger partial charge in [0, 0.05) is 12.6 Å². The van der Waals surface area contributed by atoms with Gasteiger partial charge in [-0.15, -0.1) is 0 Å². The fourth-order valence-electron chi connectivity index (χ4n) is 0.560. The highest BCUT2D eigenvalue weighted by atomic mass is 16.1. The Bertz CT molecular complexity index is 218. The Hall–Kier alpha value is -1.45. The Kier molecular flexibility index (Phi) is 4.60. The summed E-state index contributed by atoms with van der Waals surface area (Å²) in [6.45, 7) is 3.34. The average Bonchev–Trinajstić information content (AvgIpc) is 1.99. The summed E-state index contributed by atoms with van der Waals surface area (Å²) in [6.07, 6.45) is 4.01. The second-order valence-corrected chi connectivity index (χ2v) is 2.40. The monoisotopic (exact) mass is 169 g/mol. The maximum absolute atomic E-state index is 10.5. The van der Waals surface area contributed by atoms with Crippen LogP contribution in [-0.2, 0) is 4.79 Å². The lowest BCUT2D eigenvalue weighted by molar-refractivity contribution is -0.118. The van der Waals surface area contributed by atoms with Crippen molar-refractivity contribution in [3.8, 4) is 0 Å². The predicted octanol–water partition coefficient (Wildman–Crippen LogP) is 0.175. The number of rotatable bonds is 3. The lowest BCUT2D eigenvalue weighted by atomic mass is 10.3. The van der Waals surface area contributed by atoms with Gasteiger partial charge < -0.3 is 16.8 Å². The van der Waals surface area contributed by atoms with Crippen LogP contribution in [0.15, 0.2) is 23.7 Å². The van der Waals surface area contributed by atoms with E-state index in [1.165, 1.54) is 6.92 Å². The van der Waals surface area contributed by atoms with Gasteiger partial charge in [-0.1, -0.05) is 6.92 Å². The van der Waals surface area contributed by atoms with Gasteiger partial charge in [0.1, 0.15) is 5.82 Å². The van der Waals surface area contributed by atoms with Crippen molar-refractivity contribution < 1.29 is 4.79 Å². The topological polar surface area (TPSA) is 81.1 Å². The number of nitrogens with one attached hydrogen (secondary N) is 1. The fourth-order valence-corrected chi connectivity index (χ4v) is 0.560.